The molecule has 134 valence electrons. The van der Waals surface area contributed by atoms with Crippen LogP contribution in [0.15, 0.2) is 53.4 Å². The number of hydrogen-bond donors (Lipinski definition) is 0. The Hall–Kier alpha value is -2.05. The maximum atomic E-state index is 13.0. The van der Waals surface area contributed by atoms with Crippen LogP contribution in [0.1, 0.15) is 12.5 Å². The van der Waals surface area contributed by atoms with Crippen molar-refractivity contribution < 1.29 is 13.2 Å². The first-order valence-corrected chi connectivity index (χ1v) is 9.84. The van der Waals surface area contributed by atoms with Crippen LogP contribution in [0.3, 0.4) is 0 Å². The van der Waals surface area contributed by atoms with Gasteiger partial charge in [-0.05, 0) is 49.7 Å². The van der Waals surface area contributed by atoms with E-state index in [1.807, 2.05) is 25.1 Å². The Bertz CT molecular complexity index is 837. The third kappa shape index (κ3) is 3.50. The van der Waals surface area contributed by atoms with Gasteiger partial charge in [0.2, 0.25) is 10.0 Å². The van der Waals surface area contributed by atoms with E-state index in [0.717, 1.165) is 11.3 Å². The summed E-state index contributed by atoms with van der Waals surface area (Å²) < 4.78 is 32.8. The lowest BCUT2D eigenvalue weighted by Gasteiger charge is -2.40. The van der Waals surface area contributed by atoms with E-state index in [4.69, 9.17) is 4.74 Å². The molecule has 0 aromatic heterocycles. The fourth-order valence-corrected chi connectivity index (χ4v) is 4.90. The Kier molecular flexibility index (Phi) is 5.01. The molecule has 0 aliphatic carbocycles. The molecule has 1 aliphatic heterocycles. The predicted octanol–water partition coefficient (Wildman–Crippen LogP) is 2.90. The van der Waals surface area contributed by atoms with Crippen LogP contribution >= 0.6 is 0 Å². The normalized spacial score (nSPS) is 19.0. The highest BCUT2D eigenvalue weighted by molar-refractivity contribution is 7.89. The van der Waals surface area contributed by atoms with E-state index < -0.39 is 10.0 Å². The van der Waals surface area contributed by atoms with Gasteiger partial charge in [0.15, 0.2) is 0 Å². The zero-order valence-corrected chi connectivity index (χ0v) is 15.7. The van der Waals surface area contributed by atoms with Crippen LogP contribution in [0.5, 0.6) is 5.75 Å². The standard InChI is InChI=1S/C19H24N2O3S/c1-15-13-18(9-10-19(15)24-3)25(22,23)20-11-12-21(16(2)14-20)17-7-5-4-6-8-17/h4-10,13,16H,11-12,14H2,1-3H3. The molecular formula is C19H24N2O3S. The molecular weight excluding hydrogens is 336 g/mol. The maximum absolute atomic E-state index is 13.0. The van der Waals surface area contributed by atoms with E-state index in [0.29, 0.717) is 30.3 Å². The molecule has 0 N–H and O–H groups in total. The van der Waals surface area contributed by atoms with Gasteiger partial charge in [-0.25, -0.2) is 8.42 Å². The van der Waals surface area contributed by atoms with Crippen LogP contribution in [-0.2, 0) is 10.0 Å². The number of para-hydroxylation sites is 1. The number of methoxy groups -OCH3 is 1. The molecule has 2 aromatic rings. The number of anilines is 1. The highest BCUT2D eigenvalue weighted by atomic mass is 32.2. The van der Waals surface area contributed by atoms with E-state index in [1.54, 1.807) is 29.6 Å². The van der Waals surface area contributed by atoms with Crippen molar-refractivity contribution in [2.24, 2.45) is 0 Å². The average molecular weight is 360 g/mol. The molecule has 1 aliphatic rings. The van der Waals surface area contributed by atoms with Crippen LogP contribution in [-0.4, -0.2) is 45.5 Å². The van der Waals surface area contributed by atoms with Crippen LogP contribution in [0, 0.1) is 6.92 Å². The van der Waals surface area contributed by atoms with Gasteiger partial charge in [0.05, 0.1) is 12.0 Å². The summed E-state index contributed by atoms with van der Waals surface area (Å²) in [6.07, 6.45) is 0. The number of aryl methyl sites for hydroxylation is 1. The second kappa shape index (κ2) is 7.06. The predicted molar refractivity (Wildman–Crippen MR) is 99.7 cm³/mol. The van der Waals surface area contributed by atoms with Crippen molar-refractivity contribution in [3.8, 4) is 5.75 Å². The number of hydrogen-bond acceptors (Lipinski definition) is 4. The highest BCUT2D eigenvalue weighted by Gasteiger charge is 2.32. The number of rotatable bonds is 4. The summed E-state index contributed by atoms with van der Waals surface area (Å²) in [6, 6.07) is 15.3. The monoisotopic (exact) mass is 360 g/mol. The van der Waals surface area contributed by atoms with E-state index in [-0.39, 0.29) is 6.04 Å². The van der Waals surface area contributed by atoms with Gasteiger partial charge in [0.1, 0.15) is 5.75 Å². The Balaban J connectivity index is 1.80. The first-order chi connectivity index (χ1) is 11.9. The summed E-state index contributed by atoms with van der Waals surface area (Å²) in [7, 11) is -1.91. The van der Waals surface area contributed by atoms with Gasteiger partial charge in [-0.15, -0.1) is 0 Å². The van der Waals surface area contributed by atoms with Crippen molar-refractivity contribution in [1.29, 1.82) is 0 Å². The molecule has 5 nitrogen and oxygen atoms in total. The minimum absolute atomic E-state index is 0.116. The number of benzene rings is 2. The minimum Gasteiger partial charge on any atom is -0.496 e. The molecule has 0 amide bonds. The molecule has 3 rings (SSSR count). The Morgan fingerprint density at radius 2 is 1.80 bits per heavy atom. The highest BCUT2D eigenvalue weighted by Crippen LogP contribution is 2.27. The molecule has 6 heteroatoms. The molecule has 0 radical (unpaired) electrons. The van der Waals surface area contributed by atoms with Crippen molar-refractivity contribution in [3.63, 3.8) is 0 Å². The first kappa shape index (κ1) is 17.8. The van der Waals surface area contributed by atoms with Gasteiger partial charge in [-0.3, -0.25) is 0 Å². The lowest BCUT2D eigenvalue weighted by Crippen LogP contribution is -2.53. The molecule has 1 atom stereocenters. The summed E-state index contributed by atoms with van der Waals surface area (Å²) in [6.45, 7) is 5.55. The second-order valence-electron chi connectivity index (χ2n) is 6.37. The van der Waals surface area contributed by atoms with E-state index in [9.17, 15) is 8.42 Å². The number of sulfonamides is 1. The van der Waals surface area contributed by atoms with Crippen molar-refractivity contribution >= 4 is 15.7 Å². The molecule has 0 spiro atoms. The minimum atomic E-state index is -3.50. The third-order valence-electron chi connectivity index (χ3n) is 4.68. The lowest BCUT2D eigenvalue weighted by atomic mass is 10.2. The van der Waals surface area contributed by atoms with Gasteiger partial charge in [-0.2, -0.15) is 4.31 Å². The molecule has 1 saturated heterocycles. The molecule has 1 unspecified atom stereocenters. The topological polar surface area (TPSA) is 49.9 Å². The third-order valence-corrected chi connectivity index (χ3v) is 6.54. The fraction of sp³-hybridized carbons (Fsp3) is 0.368. The van der Waals surface area contributed by atoms with Gasteiger partial charge < -0.3 is 9.64 Å². The van der Waals surface area contributed by atoms with Crippen LogP contribution < -0.4 is 9.64 Å². The quantitative estimate of drug-likeness (QED) is 0.841. The SMILES string of the molecule is COc1ccc(S(=O)(=O)N2CCN(c3ccccc3)C(C)C2)cc1C. The summed E-state index contributed by atoms with van der Waals surface area (Å²) >= 11 is 0. The van der Waals surface area contributed by atoms with Crippen molar-refractivity contribution in [2.75, 3.05) is 31.6 Å². The van der Waals surface area contributed by atoms with Crippen LogP contribution in [0.2, 0.25) is 0 Å². The second-order valence-corrected chi connectivity index (χ2v) is 8.31. The fourth-order valence-electron chi connectivity index (χ4n) is 3.31. The smallest absolute Gasteiger partial charge is 0.243 e. The molecule has 2 aromatic carbocycles. The van der Waals surface area contributed by atoms with Crippen molar-refractivity contribution in [2.45, 2.75) is 24.8 Å². The molecule has 1 heterocycles. The van der Waals surface area contributed by atoms with Crippen LogP contribution in [0.4, 0.5) is 5.69 Å². The summed E-state index contributed by atoms with van der Waals surface area (Å²) in [4.78, 5) is 2.58. The number of nitrogens with zero attached hydrogens (tertiary/aromatic N) is 2. The number of ether oxygens (including phenoxy) is 1. The zero-order valence-electron chi connectivity index (χ0n) is 14.8. The van der Waals surface area contributed by atoms with Gasteiger partial charge in [0, 0.05) is 31.4 Å². The lowest BCUT2D eigenvalue weighted by molar-refractivity contribution is 0.342. The summed E-state index contributed by atoms with van der Waals surface area (Å²) in [5.74, 6) is 0.696. The average Bonchev–Trinajstić information content (AvgIpc) is 2.62. The summed E-state index contributed by atoms with van der Waals surface area (Å²) in [5.41, 5.74) is 1.95. The van der Waals surface area contributed by atoms with E-state index in [1.165, 1.54) is 0 Å². The molecule has 0 saturated carbocycles. The summed E-state index contributed by atoms with van der Waals surface area (Å²) in [5, 5.41) is 0. The largest absolute Gasteiger partial charge is 0.496 e. The van der Waals surface area contributed by atoms with Crippen molar-refractivity contribution in [3.05, 3.63) is 54.1 Å². The Morgan fingerprint density at radius 3 is 2.40 bits per heavy atom. The zero-order chi connectivity index (χ0) is 18.0. The van der Waals surface area contributed by atoms with E-state index in [2.05, 4.69) is 24.0 Å². The van der Waals surface area contributed by atoms with Gasteiger partial charge in [0.25, 0.3) is 0 Å². The van der Waals surface area contributed by atoms with Gasteiger partial charge >= 0.3 is 0 Å². The van der Waals surface area contributed by atoms with Gasteiger partial charge in [-0.1, -0.05) is 18.2 Å². The van der Waals surface area contributed by atoms with E-state index >= 15 is 0 Å². The van der Waals surface area contributed by atoms with Crippen molar-refractivity contribution in [1.82, 2.24) is 4.31 Å². The van der Waals surface area contributed by atoms with Crippen LogP contribution in [0.25, 0.3) is 0 Å². The first-order valence-electron chi connectivity index (χ1n) is 8.40. The molecule has 0 bridgehead atoms. The Morgan fingerprint density at radius 1 is 1.08 bits per heavy atom. The Labute approximate surface area is 149 Å². The maximum Gasteiger partial charge on any atom is 0.243 e. The molecule has 1 fully saturated rings. The molecule has 25 heavy (non-hydrogen) atoms. The number of piperazine rings is 1.